The lowest BCUT2D eigenvalue weighted by Crippen LogP contribution is -2.46. The van der Waals surface area contributed by atoms with Gasteiger partial charge in [-0.15, -0.1) is 6.58 Å². The van der Waals surface area contributed by atoms with Gasteiger partial charge in [-0.3, -0.25) is 4.90 Å². The Morgan fingerprint density at radius 2 is 1.93 bits per heavy atom. The van der Waals surface area contributed by atoms with Crippen LogP contribution in [0.3, 0.4) is 0 Å². The summed E-state index contributed by atoms with van der Waals surface area (Å²) in [5.74, 6) is 2.44. The summed E-state index contributed by atoms with van der Waals surface area (Å²) in [7, 11) is 0. The molecule has 0 amide bonds. The molecule has 2 aliphatic rings. The summed E-state index contributed by atoms with van der Waals surface area (Å²) in [5, 5.41) is 0. The summed E-state index contributed by atoms with van der Waals surface area (Å²) in [6.07, 6.45) is 5.43. The van der Waals surface area contributed by atoms with E-state index >= 15 is 0 Å². The first-order valence-corrected chi connectivity index (χ1v) is 9.45. The van der Waals surface area contributed by atoms with Gasteiger partial charge in [0.25, 0.3) is 0 Å². The van der Waals surface area contributed by atoms with Gasteiger partial charge in [-0.05, 0) is 17.7 Å². The number of aromatic nitrogens is 4. The molecule has 2 aliphatic heterocycles. The molecule has 1 fully saturated rings. The zero-order valence-electron chi connectivity index (χ0n) is 15.6. The van der Waals surface area contributed by atoms with Crippen LogP contribution in [0.15, 0.2) is 43.4 Å². The van der Waals surface area contributed by atoms with Gasteiger partial charge in [-0.25, -0.2) is 9.97 Å². The van der Waals surface area contributed by atoms with Crippen LogP contribution in [0.1, 0.15) is 5.56 Å². The van der Waals surface area contributed by atoms with Crippen LogP contribution < -0.4 is 14.4 Å². The molecule has 2 aromatic heterocycles. The highest BCUT2D eigenvalue weighted by Gasteiger charge is 2.21. The molecule has 0 bridgehead atoms. The monoisotopic (exact) mass is 378 g/mol. The predicted molar refractivity (Wildman–Crippen MR) is 106 cm³/mol. The lowest BCUT2D eigenvalue weighted by atomic mass is 10.1. The summed E-state index contributed by atoms with van der Waals surface area (Å²) in [4.78, 5) is 18.3. The highest BCUT2D eigenvalue weighted by molar-refractivity contribution is 5.71. The van der Waals surface area contributed by atoms with Crippen molar-refractivity contribution < 1.29 is 9.47 Å². The third-order valence-corrected chi connectivity index (χ3v) is 5.17. The Balaban J connectivity index is 1.25. The van der Waals surface area contributed by atoms with Gasteiger partial charge < -0.3 is 18.9 Å². The Morgan fingerprint density at radius 1 is 1.07 bits per heavy atom. The van der Waals surface area contributed by atoms with Crippen LogP contribution in [0.2, 0.25) is 0 Å². The van der Waals surface area contributed by atoms with E-state index in [1.807, 2.05) is 16.7 Å². The number of benzene rings is 1. The second-order valence-electron chi connectivity index (χ2n) is 7.02. The third kappa shape index (κ3) is 3.16. The van der Waals surface area contributed by atoms with E-state index in [0.29, 0.717) is 13.3 Å². The summed E-state index contributed by atoms with van der Waals surface area (Å²) >= 11 is 0. The molecule has 0 saturated carbocycles. The molecule has 8 nitrogen and oxygen atoms in total. The minimum Gasteiger partial charge on any atom is -0.454 e. The molecule has 3 aromatic rings. The van der Waals surface area contributed by atoms with E-state index in [1.54, 1.807) is 12.5 Å². The Hall–Kier alpha value is -3.13. The van der Waals surface area contributed by atoms with Gasteiger partial charge in [0.1, 0.15) is 5.52 Å². The van der Waals surface area contributed by atoms with Crippen LogP contribution in [0.25, 0.3) is 11.2 Å². The van der Waals surface area contributed by atoms with Crippen molar-refractivity contribution in [1.29, 1.82) is 0 Å². The minimum absolute atomic E-state index is 0.313. The zero-order chi connectivity index (χ0) is 18.9. The molecule has 1 saturated heterocycles. The predicted octanol–water partition coefficient (Wildman–Crippen LogP) is 2.06. The number of allylic oxidation sites excluding steroid dienone is 1. The van der Waals surface area contributed by atoms with Crippen LogP contribution in [0, 0.1) is 0 Å². The SMILES string of the molecule is C=CCn1cnc2cnc(N3CCN(Cc4ccc5c(c4)OCO5)CC3)nc21. The summed E-state index contributed by atoms with van der Waals surface area (Å²) in [6, 6.07) is 6.17. The van der Waals surface area contributed by atoms with E-state index in [-0.39, 0.29) is 0 Å². The summed E-state index contributed by atoms with van der Waals surface area (Å²) in [5.41, 5.74) is 2.91. The van der Waals surface area contributed by atoms with Crippen molar-refractivity contribution in [2.75, 3.05) is 37.9 Å². The van der Waals surface area contributed by atoms with Crippen LogP contribution in [0.5, 0.6) is 11.5 Å². The highest BCUT2D eigenvalue weighted by atomic mass is 16.7. The van der Waals surface area contributed by atoms with Crippen molar-refractivity contribution in [3.05, 3.63) is 48.9 Å². The molecule has 8 heteroatoms. The Morgan fingerprint density at radius 3 is 2.79 bits per heavy atom. The molecule has 0 aliphatic carbocycles. The topological polar surface area (TPSA) is 68.5 Å². The number of hydrogen-bond acceptors (Lipinski definition) is 7. The molecule has 0 atom stereocenters. The van der Waals surface area contributed by atoms with Gasteiger partial charge in [0, 0.05) is 39.3 Å². The Labute approximate surface area is 163 Å². The molecule has 28 heavy (non-hydrogen) atoms. The van der Waals surface area contributed by atoms with E-state index in [4.69, 9.17) is 14.5 Å². The van der Waals surface area contributed by atoms with E-state index in [9.17, 15) is 0 Å². The fraction of sp³-hybridized carbons (Fsp3) is 0.350. The minimum atomic E-state index is 0.313. The molecule has 1 aromatic carbocycles. The van der Waals surface area contributed by atoms with Gasteiger partial charge >= 0.3 is 0 Å². The first-order chi connectivity index (χ1) is 13.8. The van der Waals surface area contributed by atoms with Gasteiger partial charge in [0.15, 0.2) is 17.1 Å². The average Bonchev–Trinajstić information content (AvgIpc) is 3.35. The molecule has 0 unspecified atom stereocenters. The standard InChI is InChI=1S/C20H22N6O2/c1-2-5-26-13-22-16-11-21-20(23-19(16)26)25-8-6-24(7-9-25)12-15-3-4-17-18(10-15)28-14-27-17/h2-4,10-11,13H,1,5-9,12,14H2. The number of hydrogen-bond donors (Lipinski definition) is 0. The largest absolute Gasteiger partial charge is 0.454 e. The lowest BCUT2D eigenvalue weighted by molar-refractivity contribution is 0.174. The maximum absolute atomic E-state index is 5.48. The number of piperazine rings is 1. The number of nitrogens with zero attached hydrogens (tertiary/aromatic N) is 6. The van der Waals surface area contributed by atoms with Gasteiger partial charge in [-0.1, -0.05) is 12.1 Å². The van der Waals surface area contributed by atoms with Crippen molar-refractivity contribution >= 4 is 17.1 Å². The van der Waals surface area contributed by atoms with Crippen LogP contribution in [0.4, 0.5) is 5.95 Å². The Bertz CT molecular complexity index is 1010. The van der Waals surface area contributed by atoms with Crippen LogP contribution in [-0.2, 0) is 13.1 Å². The van der Waals surface area contributed by atoms with E-state index < -0.39 is 0 Å². The van der Waals surface area contributed by atoms with E-state index in [0.717, 1.165) is 61.3 Å². The lowest BCUT2D eigenvalue weighted by Gasteiger charge is -2.34. The van der Waals surface area contributed by atoms with E-state index in [2.05, 4.69) is 38.5 Å². The molecule has 5 rings (SSSR count). The van der Waals surface area contributed by atoms with Crippen molar-refractivity contribution in [3.8, 4) is 11.5 Å². The fourth-order valence-corrected chi connectivity index (χ4v) is 3.68. The normalized spacial score (nSPS) is 16.6. The summed E-state index contributed by atoms with van der Waals surface area (Å²) in [6.45, 7) is 9.41. The first-order valence-electron chi connectivity index (χ1n) is 9.45. The van der Waals surface area contributed by atoms with Gasteiger partial charge in [0.2, 0.25) is 12.7 Å². The quantitative estimate of drug-likeness (QED) is 0.630. The first kappa shape index (κ1) is 17.0. The van der Waals surface area contributed by atoms with E-state index in [1.165, 1.54) is 5.56 Å². The molecular weight excluding hydrogens is 356 g/mol. The maximum atomic E-state index is 5.48. The fourth-order valence-electron chi connectivity index (χ4n) is 3.68. The maximum Gasteiger partial charge on any atom is 0.231 e. The number of ether oxygens (including phenoxy) is 2. The smallest absolute Gasteiger partial charge is 0.231 e. The van der Waals surface area contributed by atoms with Crippen LogP contribution in [-0.4, -0.2) is 57.4 Å². The number of anilines is 1. The highest BCUT2D eigenvalue weighted by Crippen LogP contribution is 2.32. The zero-order valence-corrected chi connectivity index (χ0v) is 15.6. The third-order valence-electron chi connectivity index (χ3n) is 5.17. The second kappa shape index (κ2) is 7.12. The number of rotatable bonds is 5. The molecule has 144 valence electrons. The second-order valence-corrected chi connectivity index (χ2v) is 7.02. The summed E-state index contributed by atoms with van der Waals surface area (Å²) < 4.78 is 12.9. The van der Waals surface area contributed by atoms with Crippen LogP contribution >= 0.6 is 0 Å². The van der Waals surface area contributed by atoms with Gasteiger partial charge in [0.05, 0.1) is 12.5 Å². The number of fused-ring (bicyclic) bond motifs is 2. The van der Waals surface area contributed by atoms with Crippen molar-refractivity contribution in [2.45, 2.75) is 13.1 Å². The molecule has 4 heterocycles. The van der Waals surface area contributed by atoms with Crippen molar-refractivity contribution in [1.82, 2.24) is 24.4 Å². The number of imidazole rings is 1. The van der Waals surface area contributed by atoms with Gasteiger partial charge in [-0.2, -0.15) is 4.98 Å². The molecule has 0 spiro atoms. The van der Waals surface area contributed by atoms with Crippen molar-refractivity contribution in [3.63, 3.8) is 0 Å². The average molecular weight is 378 g/mol. The molecule has 0 N–H and O–H groups in total. The van der Waals surface area contributed by atoms with Crippen molar-refractivity contribution in [2.24, 2.45) is 0 Å². The molecule has 0 radical (unpaired) electrons. The molecular formula is C20H22N6O2. The Kier molecular flexibility index (Phi) is 4.32.